The van der Waals surface area contributed by atoms with Gasteiger partial charge >= 0.3 is 0 Å². The topological polar surface area (TPSA) is 63.7 Å². The highest BCUT2D eigenvalue weighted by Gasteiger charge is 2.42. The first-order valence-corrected chi connectivity index (χ1v) is 10.7. The fourth-order valence-electron chi connectivity index (χ4n) is 4.81. The van der Waals surface area contributed by atoms with Crippen molar-refractivity contribution in [3.8, 4) is 5.75 Å². The number of ether oxygens (including phenoxy) is 1. The summed E-state index contributed by atoms with van der Waals surface area (Å²) in [6.45, 7) is 3.03. The van der Waals surface area contributed by atoms with Crippen LogP contribution < -0.4 is 4.74 Å². The molecule has 7 heteroatoms. The Morgan fingerprint density at radius 3 is 2.74 bits per heavy atom. The Balaban J connectivity index is 1.38. The van der Waals surface area contributed by atoms with Crippen LogP contribution in [0.15, 0.2) is 6.07 Å². The lowest BCUT2D eigenvalue weighted by Gasteiger charge is -2.31. The predicted molar refractivity (Wildman–Crippen MR) is 107 cm³/mol. The highest BCUT2D eigenvalue weighted by molar-refractivity contribution is 6.43. The molecule has 0 spiro atoms. The molecule has 1 heterocycles. The van der Waals surface area contributed by atoms with E-state index in [1.54, 1.807) is 0 Å². The third kappa shape index (κ3) is 3.95. The molecule has 1 aromatic carbocycles. The quantitative estimate of drug-likeness (QED) is 0.638. The van der Waals surface area contributed by atoms with Gasteiger partial charge in [-0.3, -0.25) is 0 Å². The van der Waals surface area contributed by atoms with Crippen LogP contribution in [-0.2, 0) is 19.3 Å². The van der Waals surface area contributed by atoms with Crippen molar-refractivity contribution >= 4 is 23.2 Å². The van der Waals surface area contributed by atoms with Crippen LogP contribution in [0.25, 0.3) is 0 Å². The summed E-state index contributed by atoms with van der Waals surface area (Å²) in [5, 5.41) is 15.2. The molecule has 1 atom stereocenters. The summed E-state index contributed by atoms with van der Waals surface area (Å²) in [5.41, 5.74) is 2.87. The predicted octanol–water partition coefficient (Wildman–Crippen LogP) is 5.20. The first-order chi connectivity index (χ1) is 13.1. The number of benzene rings is 1. The second-order valence-corrected chi connectivity index (χ2v) is 9.02. The molecule has 0 bridgehead atoms. The van der Waals surface area contributed by atoms with Crippen molar-refractivity contribution in [2.45, 2.75) is 64.7 Å². The van der Waals surface area contributed by atoms with Crippen LogP contribution in [0.5, 0.6) is 5.75 Å². The van der Waals surface area contributed by atoms with Crippen molar-refractivity contribution in [2.24, 2.45) is 11.3 Å². The van der Waals surface area contributed by atoms with E-state index in [4.69, 9.17) is 27.9 Å². The first kappa shape index (κ1) is 19.0. The molecule has 0 saturated heterocycles. The lowest BCUT2D eigenvalue weighted by atomic mass is 9.74. The zero-order chi connectivity index (χ0) is 18.9. The van der Waals surface area contributed by atoms with E-state index in [0.29, 0.717) is 22.1 Å². The zero-order valence-corrected chi connectivity index (χ0v) is 17.2. The Morgan fingerprint density at radius 1 is 1.19 bits per heavy atom. The van der Waals surface area contributed by atoms with E-state index >= 15 is 0 Å². The molecule has 2 aromatic rings. The first-order valence-electron chi connectivity index (χ1n) is 9.92. The van der Waals surface area contributed by atoms with E-state index in [1.807, 2.05) is 0 Å². The van der Waals surface area contributed by atoms with Crippen LogP contribution in [0.4, 0.5) is 0 Å². The minimum atomic E-state index is 0.315. The summed E-state index contributed by atoms with van der Waals surface area (Å²) in [6.07, 6.45) is 10.2. The number of fused-ring (bicyclic) bond motifs is 1. The van der Waals surface area contributed by atoms with Gasteiger partial charge in [0.25, 0.3) is 0 Å². The minimum absolute atomic E-state index is 0.315. The number of rotatable bonds is 7. The summed E-state index contributed by atoms with van der Waals surface area (Å²) in [7, 11) is 0. The maximum absolute atomic E-state index is 6.65. The molecule has 27 heavy (non-hydrogen) atoms. The van der Waals surface area contributed by atoms with Gasteiger partial charge < -0.3 is 4.74 Å². The normalized spacial score (nSPS) is 22.3. The molecule has 146 valence electrons. The molecule has 2 aliphatic rings. The molecular formula is C20H26Cl2N4O. The summed E-state index contributed by atoms with van der Waals surface area (Å²) in [6, 6.07) is 2.13. The standard InChI is InChI=1S/C20H26Cl2N4O/c1-20(14-6-2-3-7-14)11-13-10-16(19(22)18(21)15(13)12-20)27-9-5-4-8-17-23-25-26-24-17/h10,14H,2-9,11-12H2,1H3,(H,23,24,25,26). The van der Waals surface area contributed by atoms with Crippen LogP contribution in [0.3, 0.4) is 0 Å². The summed E-state index contributed by atoms with van der Waals surface area (Å²) in [5.74, 6) is 2.25. The molecule has 5 nitrogen and oxygen atoms in total. The molecule has 1 N–H and O–H groups in total. The van der Waals surface area contributed by atoms with Crippen LogP contribution in [0.2, 0.25) is 10.0 Å². The lowest BCUT2D eigenvalue weighted by molar-refractivity contribution is 0.203. The Bertz CT molecular complexity index is 790. The average Bonchev–Trinajstić information content (AvgIpc) is 3.39. The zero-order valence-electron chi connectivity index (χ0n) is 15.7. The molecule has 0 aliphatic heterocycles. The number of aryl methyl sites for hydroxylation is 1. The number of tetrazole rings is 1. The smallest absolute Gasteiger partial charge is 0.174 e. The van der Waals surface area contributed by atoms with Crippen molar-refractivity contribution < 1.29 is 4.74 Å². The molecule has 0 amide bonds. The van der Waals surface area contributed by atoms with E-state index in [0.717, 1.165) is 49.6 Å². The number of H-pyrrole nitrogens is 1. The van der Waals surface area contributed by atoms with Gasteiger partial charge in [-0.05, 0) is 67.1 Å². The van der Waals surface area contributed by atoms with Crippen molar-refractivity contribution in [1.29, 1.82) is 0 Å². The summed E-state index contributed by atoms with van der Waals surface area (Å²) < 4.78 is 5.98. The molecule has 1 unspecified atom stereocenters. The van der Waals surface area contributed by atoms with E-state index in [2.05, 4.69) is 33.6 Å². The van der Waals surface area contributed by atoms with Gasteiger partial charge in [0.05, 0.1) is 11.6 Å². The maximum Gasteiger partial charge on any atom is 0.174 e. The highest BCUT2D eigenvalue weighted by Crippen LogP contribution is 2.52. The van der Waals surface area contributed by atoms with Gasteiger partial charge in [-0.15, -0.1) is 10.2 Å². The van der Waals surface area contributed by atoms with Crippen molar-refractivity contribution in [3.63, 3.8) is 0 Å². The SMILES string of the molecule is CC1(C2CCCC2)Cc2cc(OCCCCc3nn[nH]n3)c(Cl)c(Cl)c2C1. The van der Waals surface area contributed by atoms with Crippen molar-refractivity contribution in [3.05, 3.63) is 33.1 Å². The molecule has 4 rings (SSSR count). The molecule has 1 saturated carbocycles. The molecule has 0 radical (unpaired) electrons. The third-order valence-corrected chi connectivity index (χ3v) is 7.21. The van der Waals surface area contributed by atoms with E-state index < -0.39 is 0 Å². The number of aromatic nitrogens is 4. The second kappa shape index (κ2) is 7.96. The fraction of sp³-hybridized carbons (Fsp3) is 0.650. The highest BCUT2D eigenvalue weighted by atomic mass is 35.5. The van der Waals surface area contributed by atoms with Gasteiger partial charge in [0.1, 0.15) is 10.8 Å². The number of nitrogens with one attached hydrogen (secondary N) is 1. The summed E-state index contributed by atoms with van der Waals surface area (Å²) >= 11 is 13.2. The second-order valence-electron chi connectivity index (χ2n) is 8.26. The number of halogens is 2. The van der Waals surface area contributed by atoms with Gasteiger partial charge in [-0.1, -0.05) is 48.2 Å². The largest absolute Gasteiger partial charge is 0.492 e. The van der Waals surface area contributed by atoms with Crippen LogP contribution in [-0.4, -0.2) is 27.2 Å². The molecular weight excluding hydrogens is 383 g/mol. The monoisotopic (exact) mass is 408 g/mol. The number of aromatic amines is 1. The lowest BCUT2D eigenvalue weighted by Crippen LogP contribution is -2.26. The molecule has 1 aromatic heterocycles. The third-order valence-electron chi connectivity index (χ3n) is 6.32. The van der Waals surface area contributed by atoms with Gasteiger partial charge in [-0.25, -0.2) is 0 Å². The van der Waals surface area contributed by atoms with Crippen molar-refractivity contribution in [2.75, 3.05) is 6.61 Å². The Labute approximate surface area is 170 Å². The minimum Gasteiger partial charge on any atom is -0.492 e. The van der Waals surface area contributed by atoms with Crippen molar-refractivity contribution in [1.82, 2.24) is 20.6 Å². The van der Waals surface area contributed by atoms with Crippen LogP contribution in [0, 0.1) is 11.3 Å². The van der Waals surface area contributed by atoms with Gasteiger partial charge in [-0.2, -0.15) is 5.21 Å². The Kier molecular flexibility index (Phi) is 5.60. The molecule has 1 fully saturated rings. The number of hydrogen-bond acceptors (Lipinski definition) is 4. The average molecular weight is 409 g/mol. The van der Waals surface area contributed by atoms with Gasteiger partial charge in [0.2, 0.25) is 0 Å². The fourth-order valence-corrected chi connectivity index (χ4v) is 5.32. The molecule has 2 aliphatic carbocycles. The number of hydrogen-bond donors (Lipinski definition) is 1. The maximum atomic E-state index is 6.65. The van der Waals surface area contributed by atoms with Gasteiger partial charge in [0, 0.05) is 6.42 Å². The summed E-state index contributed by atoms with van der Waals surface area (Å²) in [4.78, 5) is 0. The van der Waals surface area contributed by atoms with E-state index in [1.165, 1.54) is 36.8 Å². The Hall–Kier alpha value is -1.33. The number of unbranched alkanes of at least 4 members (excludes halogenated alkanes) is 1. The van der Waals surface area contributed by atoms with E-state index in [9.17, 15) is 0 Å². The van der Waals surface area contributed by atoms with Crippen LogP contribution in [0.1, 0.15) is 62.4 Å². The Morgan fingerprint density at radius 2 is 2.00 bits per heavy atom. The van der Waals surface area contributed by atoms with Crippen LogP contribution >= 0.6 is 23.2 Å². The number of nitrogens with zero attached hydrogens (tertiary/aromatic N) is 3. The van der Waals surface area contributed by atoms with Gasteiger partial charge in [0.15, 0.2) is 5.82 Å². The van der Waals surface area contributed by atoms with E-state index in [-0.39, 0.29) is 0 Å².